The van der Waals surface area contributed by atoms with Gasteiger partial charge in [-0.05, 0) is 49.6 Å². The maximum Gasteiger partial charge on any atom is 0.226 e. The summed E-state index contributed by atoms with van der Waals surface area (Å²) in [5, 5.41) is 6.63. The Morgan fingerprint density at radius 3 is 2.71 bits per heavy atom. The minimum atomic E-state index is 0.226. The van der Waals surface area contributed by atoms with Crippen molar-refractivity contribution >= 4 is 17.6 Å². The first-order valence-electron chi connectivity index (χ1n) is 10.1. The van der Waals surface area contributed by atoms with Gasteiger partial charge in [0.15, 0.2) is 5.96 Å². The fourth-order valence-electron chi connectivity index (χ4n) is 3.23. The van der Waals surface area contributed by atoms with Gasteiger partial charge in [0.25, 0.3) is 0 Å². The zero-order valence-electron chi connectivity index (χ0n) is 16.5. The van der Waals surface area contributed by atoms with Gasteiger partial charge in [-0.15, -0.1) is 0 Å². The average molecular weight is 380 g/mol. The summed E-state index contributed by atoms with van der Waals surface area (Å²) >= 11 is 0. The Morgan fingerprint density at radius 2 is 2.00 bits per heavy atom. The Labute approximate surface area is 167 Å². The SMILES string of the molecule is CCNC(=NCc1ccc(N2CCCCC2=O)cc1)NCCc1ccccn1. The Kier molecular flexibility index (Phi) is 7.41. The number of anilines is 1. The molecule has 2 heterocycles. The molecule has 0 saturated carbocycles. The highest BCUT2D eigenvalue weighted by atomic mass is 16.2. The van der Waals surface area contributed by atoms with Crippen molar-refractivity contribution in [3.8, 4) is 0 Å². The number of rotatable bonds is 7. The number of aromatic nitrogens is 1. The molecule has 1 aliphatic rings. The third kappa shape index (κ3) is 5.81. The van der Waals surface area contributed by atoms with E-state index in [0.717, 1.165) is 61.8 Å². The van der Waals surface area contributed by atoms with Crippen LogP contribution < -0.4 is 15.5 Å². The van der Waals surface area contributed by atoms with E-state index in [0.29, 0.717) is 13.0 Å². The summed E-state index contributed by atoms with van der Waals surface area (Å²) in [6.45, 7) is 5.05. The molecular weight excluding hydrogens is 350 g/mol. The van der Waals surface area contributed by atoms with E-state index in [1.807, 2.05) is 41.4 Å². The summed E-state index contributed by atoms with van der Waals surface area (Å²) in [6.07, 6.45) is 5.40. The van der Waals surface area contributed by atoms with E-state index in [1.165, 1.54) is 0 Å². The summed E-state index contributed by atoms with van der Waals surface area (Å²) in [5.41, 5.74) is 3.17. The van der Waals surface area contributed by atoms with E-state index in [4.69, 9.17) is 0 Å². The standard InChI is InChI=1S/C22H29N5O/c1-2-23-22(25-15-13-19-7-3-5-14-24-19)26-17-18-9-11-20(12-10-18)27-16-6-4-8-21(27)28/h3,5,7,9-12,14H,2,4,6,8,13,15-17H2,1H3,(H2,23,25,26). The summed E-state index contributed by atoms with van der Waals surface area (Å²) in [5.74, 6) is 1.03. The number of aliphatic imine (C=N–C) groups is 1. The van der Waals surface area contributed by atoms with Gasteiger partial charge in [-0.2, -0.15) is 0 Å². The molecule has 0 bridgehead atoms. The molecule has 1 saturated heterocycles. The van der Waals surface area contributed by atoms with Gasteiger partial charge < -0.3 is 15.5 Å². The highest BCUT2D eigenvalue weighted by Crippen LogP contribution is 2.21. The minimum Gasteiger partial charge on any atom is -0.357 e. The molecule has 2 N–H and O–H groups in total. The van der Waals surface area contributed by atoms with E-state index in [9.17, 15) is 4.79 Å². The molecular formula is C22H29N5O. The van der Waals surface area contributed by atoms with Crippen LogP contribution in [0.2, 0.25) is 0 Å². The molecule has 3 rings (SSSR count). The van der Waals surface area contributed by atoms with Crippen LogP contribution in [0.3, 0.4) is 0 Å². The van der Waals surface area contributed by atoms with E-state index in [1.54, 1.807) is 0 Å². The number of piperidine rings is 1. The first kappa shape index (κ1) is 19.9. The lowest BCUT2D eigenvalue weighted by molar-refractivity contribution is -0.119. The zero-order chi connectivity index (χ0) is 19.6. The van der Waals surface area contributed by atoms with Crippen LogP contribution in [0.1, 0.15) is 37.4 Å². The summed E-state index contributed by atoms with van der Waals surface area (Å²) in [6, 6.07) is 14.1. The van der Waals surface area contributed by atoms with Gasteiger partial charge in [0.05, 0.1) is 6.54 Å². The molecule has 6 heteroatoms. The highest BCUT2D eigenvalue weighted by molar-refractivity contribution is 5.93. The number of hydrogen-bond acceptors (Lipinski definition) is 3. The summed E-state index contributed by atoms with van der Waals surface area (Å²) < 4.78 is 0. The summed E-state index contributed by atoms with van der Waals surface area (Å²) in [4.78, 5) is 22.9. The molecule has 28 heavy (non-hydrogen) atoms. The monoisotopic (exact) mass is 379 g/mol. The second-order valence-electron chi connectivity index (χ2n) is 6.86. The second-order valence-corrected chi connectivity index (χ2v) is 6.86. The molecule has 2 aromatic rings. The average Bonchev–Trinajstić information content (AvgIpc) is 2.74. The van der Waals surface area contributed by atoms with Crippen LogP contribution in [-0.4, -0.2) is 36.5 Å². The van der Waals surface area contributed by atoms with Gasteiger partial charge in [0.1, 0.15) is 0 Å². The molecule has 0 aliphatic carbocycles. The van der Waals surface area contributed by atoms with Crippen molar-refractivity contribution in [1.82, 2.24) is 15.6 Å². The van der Waals surface area contributed by atoms with Crippen molar-refractivity contribution in [3.05, 3.63) is 59.9 Å². The minimum absolute atomic E-state index is 0.226. The number of nitrogens with one attached hydrogen (secondary N) is 2. The first-order chi connectivity index (χ1) is 13.8. The van der Waals surface area contributed by atoms with Crippen LogP contribution in [0.15, 0.2) is 53.7 Å². The van der Waals surface area contributed by atoms with Crippen LogP contribution in [-0.2, 0) is 17.8 Å². The van der Waals surface area contributed by atoms with Gasteiger partial charge in [-0.1, -0.05) is 18.2 Å². The van der Waals surface area contributed by atoms with Gasteiger partial charge >= 0.3 is 0 Å². The molecule has 1 fully saturated rings. The summed E-state index contributed by atoms with van der Waals surface area (Å²) in [7, 11) is 0. The normalized spacial score (nSPS) is 14.8. The Bertz CT molecular complexity index is 773. The number of carbonyl (C=O) groups excluding carboxylic acids is 1. The maximum absolute atomic E-state index is 12.1. The molecule has 0 atom stereocenters. The lowest BCUT2D eigenvalue weighted by Crippen LogP contribution is -2.38. The Balaban J connectivity index is 1.54. The molecule has 148 valence electrons. The molecule has 0 unspecified atom stereocenters. The second kappa shape index (κ2) is 10.4. The van der Waals surface area contributed by atoms with E-state index >= 15 is 0 Å². The predicted octanol–water partition coefficient (Wildman–Crippen LogP) is 2.90. The van der Waals surface area contributed by atoms with Crippen LogP contribution in [0.4, 0.5) is 5.69 Å². The van der Waals surface area contributed by atoms with Gasteiger partial charge in [0, 0.05) is 50.1 Å². The molecule has 1 aromatic carbocycles. The predicted molar refractivity (Wildman–Crippen MR) is 113 cm³/mol. The van der Waals surface area contributed by atoms with Crippen molar-refractivity contribution < 1.29 is 4.79 Å². The fourth-order valence-corrected chi connectivity index (χ4v) is 3.23. The number of pyridine rings is 1. The van der Waals surface area contributed by atoms with Crippen molar-refractivity contribution in [2.24, 2.45) is 4.99 Å². The van der Waals surface area contributed by atoms with Crippen molar-refractivity contribution in [3.63, 3.8) is 0 Å². The highest BCUT2D eigenvalue weighted by Gasteiger charge is 2.19. The molecule has 1 amide bonds. The number of benzene rings is 1. The van der Waals surface area contributed by atoms with Crippen molar-refractivity contribution in [2.45, 2.75) is 39.2 Å². The van der Waals surface area contributed by atoms with Gasteiger partial charge in [0.2, 0.25) is 5.91 Å². The third-order valence-electron chi connectivity index (χ3n) is 4.74. The van der Waals surface area contributed by atoms with Crippen LogP contribution in [0.25, 0.3) is 0 Å². The van der Waals surface area contributed by atoms with E-state index in [2.05, 4.69) is 39.7 Å². The number of guanidine groups is 1. The number of nitrogens with zero attached hydrogens (tertiary/aromatic N) is 3. The molecule has 0 spiro atoms. The van der Waals surface area contributed by atoms with Crippen LogP contribution >= 0.6 is 0 Å². The topological polar surface area (TPSA) is 69.6 Å². The molecule has 1 aliphatic heterocycles. The van der Waals surface area contributed by atoms with E-state index < -0.39 is 0 Å². The Morgan fingerprint density at radius 1 is 1.14 bits per heavy atom. The quantitative estimate of drug-likeness (QED) is 0.573. The third-order valence-corrected chi connectivity index (χ3v) is 4.74. The van der Waals surface area contributed by atoms with Crippen LogP contribution in [0.5, 0.6) is 0 Å². The molecule has 6 nitrogen and oxygen atoms in total. The van der Waals surface area contributed by atoms with E-state index in [-0.39, 0.29) is 5.91 Å². The van der Waals surface area contributed by atoms with Crippen LogP contribution in [0, 0.1) is 0 Å². The van der Waals surface area contributed by atoms with Gasteiger partial charge in [-0.25, -0.2) is 4.99 Å². The number of amides is 1. The largest absolute Gasteiger partial charge is 0.357 e. The first-order valence-corrected chi connectivity index (χ1v) is 10.1. The molecule has 0 radical (unpaired) electrons. The van der Waals surface area contributed by atoms with Crippen molar-refractivity contribution in [2.75, 3.05) is 24.5 Å². The van der Waals surface area contributed by atoms with Gasteiger partial charge in [-0.3, -0.25) is 9.78 Å². The fraction of sp³-hybridized carbons (Fsp3) is 0.409. The number of hydrogen-bond donors (Lipinski definition) is 2. The molecule has 1 aromatic heterocycles. The smallest absolute Gasteiger partial charge is 0.226 e. The Hall–Kier alpha value is -2.89. The van der Waals surface area contributed by atoms with Crippen molar-refractivity contribution in [1.29, 1.82) is 0 Å². The lowest BCUT2D eigenvalue weighted by Gasteiger charge is -2.26. The lowest BCUT2D eigenvalue weighted by atomic mass is 10.1. The zero-order valence-corrected chi connectivity index (χ0v) is 16.5. The number of carbonyl (C=O) groups is 1. The maximum atomic E-state index is 12.1.